The van der Waals surface area contributed by atoms with Crippen LogP contribution in [0.15, 0.2) is 61.1 Å². The molecule has 15 nitrogen and oxygen atoms in total. The SMILES string of the molecule is COc1cn2ccnc2cc1-c1ccc(N(C)c2n[nH]c3c2CN(C(C)=O)CC3)cc1C(F)F.O=C1CCC(N2Cc3cc(N4CCN(C5CCCCC5)CC4)ccc3C2=O)C(=O)N1. The van der Waals surface area contributed by atoms with Gasteiger partial charge in [-0.15, -0.1) is 0 Å². The summed E-state index contributed by atoms with van der Waals surface area (Å²) in [4.78, 5) is 62.9. The molecule has 0 spiro atoms. The van der Waals surface area contributed by atoms with Gasteiger partial charge in [0.1, 0.15) is 17.4 Å². The molecular formula is C47H54F2N10O5. The highest BCUT2D eigenvalue weighted by atomic mass is 19.3. The number of imide groups is 1. The molecule has 336 valence electrons. The lowest BCUT2D eigenvalue weighted by atomic mass is 9.94. The summed E-state index contributed by atoms with van der Waals surface area (Å²) in [5.41, 5.74) is 6.69. The second-order valence-electron chi connectivity index (χ2n) is 17.3. The number of amides is 4. The van der Waals surface area contributed by atoms with Crippen molar-refractivity contribution in [2.75, 3.05) is 56.7 Å². The van der Waals surface area contributed by atoms with E-state index in [1.165, 1.54) is 52.2 Å². The van der Waals surface area contributed by atoms with Gasteiger partial charge in [0.05, 0.1) is 19.9 Å². The number of benzene rings is 2. The Bertz CT molecular complexity index is 2580. The largest absolute Gasteiger partial charge is 0.495 e. The molecule has 17 heteroatoms. The Morgan fingerprint density at radius 3 is 2.42 bits per heavy atom. The average Bonchev–Trinajstić information content (AvgIpc) is 4.05. The number of halogens is 2. The number of rotatable bonds is 8. The Morgan fingerprint density at radius 2 is 1.69 bits per heavy atom. The maximum Gasteiger partial charge on any atom is 0.264 e. The van der Waals surface area contributed by atoms with E-state index < -0.39 is 12.5 Å². The number of nitrogens with zero attached hydrogens (tertiary/aromatic N) is 8. The minimum Gasteiger partial charge on any atom is -0.495 e. The number of carbonyl (C=O) groups excluding carboxylic acids is 4. The standard InChI is InChI=1S/C24H24F2N6O2.C23H30N4O3/c1-14(33)31-8-6-20-19(12-31)24(29-28-20)30(2)15-4-5-16(18(10-15)23(25)26)17-11-22-27-7-9-32(22)13-21(17)34-3;28-21-9-8-20(22(29)24-21)27-15-16-14-18(6-7-19(16)23(27)30)26-12-10-25(11-13-26)17-4-2-1-3-5-17/h4-5,7,9-11,13,23H,6,8,12H2,1-3H3,(H,28,29);6-7,14,17,20H,1-5,8-13,15H2,(H,24,28,29). The van der Waals surface area contributed by atoms with Crippen LogP contribution in [0.3, 0.4) is 0 Å². The molecule has 5 aromatic rings. The fourth-order valence-electron chi connectivity index (χ4n) is 10.00. The third-order valence-electron chi connectivity index (χ3n) is 13.6. The van der Waals surface area contributed by atoms with Crippen molar-refractivity contribution in [2.45, 2.75) is 89.9 Å². The number of carbonyl (C=O) groups is 4. The predicted molar refractivity (Wildman–Crippen MR) is 237 cm³/mol. The van der Waals surface area contributed by atoms with Crippen molar-refractivity contribution in [1.82, 2.24) is 39.6 Å². The van der Waals surface area contributed by atoms with Crippen LogP contribution in [0.4, 0.5) is 26.0 Å². The molecule has 3 aromatic heterocycles. The Morgan fingerprint density at radius 1 is 0.906 bits per heavy atom. The van der Waals surface area contributed by atoms with Gasteiger partial charge in [0.25, 0.3) is 12.3 Å². The van der Waals surface area contributed by atoms with Gasteiger partial charge < -0.3 is 28.7 Å². The van der Waals surface area contributed by atoms with E-state index in [9.17, 15) is 28.0 Å². The quantitative estimate of drug-likeness (QED) is 0.171. The smallest absolute Gasteiger partial charge is 0.264 e. The highest BCUT2D eigenvalue weighted by molar-refractivity contribution is 6.05. The van der Waals surface area contributed by atoms with Crippen molar-refractivity contribution in [1.29, 1.82) is 0 Å². The molecule has 2 N–H and O–H groups in total. The van der Waals surface area contributed by atoms with Gasteiger partial charge in [-0.05, 0) is 66.8 Å². The first-order valence-corrected chi connectivity index (χ1v) is 22.2. The number of hydrogen-bond donors (Lipinski definition) is 2. The van der Waals surface area contributed by atoms with Crippen LogP contribution in [0, 0.1) is 0 Å². The van der Waals surface area contributed by atoms with Crippen molar-refractivity contribution in [3.8, 4) is 16.9 Å². The lowest BCUT2D eigenvalue weighted by molar-refractivity contribution is -0.137. The van der Waals surface area contributed by atoms with Gasteiger partial charge >= 0.3 is 0 Å². The van der Waals surface area contributed by atoms with Gasteiger partial charge in [0.2, 0.25) is 17.7 Å². The van der Waals surface area contributed by atoms with E-state index in [4.69, 9.17) is 4.74 Å². The minimum atomic E-state index is -2.70. The number of anilines is 3. The van der Waals surface area contributed by atoms with E-state index in [0.29, 0.717) is 72.1 Å². The molecule has 3 fully saturated rings. The third-order valence-corrected chi connectivity index (χ3v) is 13.6. The molecule has 2 saturated heterocycles. The van der Waals surface area contributed by atoms with Gasteiger partial charge in [-0.3, -0.25) is 34.5 Å². The number of fused-ring (bicyclic) bond motifs is 3. The minimum absolute atomic E-state index is 0.00631. The van der Waals surface area contributed by atoms with Gasteiger partial charge in [-0.1, -0.05) is 25.3 Å². The number of pyridine rings is 1. The lowest BCUT2D eigenvalue weighted by Gasteiger charge is -2.41. The molecule has 1 unspecified atom stereocenters. The number of H-pyrrole nitrogens is 1. The number of aromatic amines is 1. The molecule has 5 aliphatic rings. The van der Waals surface area contributed by atoms with Crippen LogP contribution in [-0.4, -0.2) is 117 Å². The van der Waals surface area contributed by atoms with Crippen molar-refractivity contribution < 1.29 is 32.7 Å². The Kier molecular flexibility index (Phi) is 12.1. The van der Waals surface area contributed by atoms with Crippen LogP contribution in [0.5, 0.6) is 5.75 Å². The highest BCUT2D eigenvalue weighted by Crippen LogP contribution is 2.41. The van der Waals surface area contributed by atoms with Crippen LogP contribution in [0.1, 0.15) is 91.0 Å². The molecular weight excluding hydrogens is 823 g/mol. The normalized spacial score (nSPS) is 19.4. The van der Waals surface area contributed by atoms with E-state index in [2.05, 4.69) is 36.4 Å². The maximum atomic E-state index is 14.3. The average molecular weight is 877 g/mol. The highest BCUT2D eigenvalue weighted by Gasteiger charge is 2.39. The Labute approximate surface area is 370 Å². The molecule has 1 saturated carbocycles. The number of alkyl halides is 2. The first-order chi connectivity index (χ1) is 31.0. The number of ether oxygens (including phenoxy) is 1. The third kappa shape index (κ3) is 8.40. The summed E-state index contributed by atoms with van der Waals surface area (Å²) in [5, 5.41) is 9.82. The molecule has 1 aliphatic carbocycles. The lowest BCUT2D eigenvalue weighted by Crippen LogP contribution is -2.52. The van der Waals surface area contributed by atoms with Gasteiger partial charge in [-0.25, -0.2) is 13.8 Å². The van der Waals surface area contributed by atoms with Crippen LogP contribution >= 0.6 is 0 Å². The van der Waals surface area contributed by atoms with Crippen LogP contribution in [0.25, 0.3) is 16.8 Å². The summed E-state index contributed by atoms with van der Waals surface area (Å²) < 4.78 is 35.8. The van der Waals surface area contributed by atoms with E-state index in [0.717, 1.165) is 54.7 Å². The molecule has 7 heterocycles. The summed E-state index contributed by atoms with van der Waals surface area (Å²) in [6.45, 7) is 7.27. The Balaban J connectivity index is 0.000000163. The second-order valence-corrected chi connectivity index (χ2v) is 17.3. The summed E-state index contributed by atoms with van der Waals surface area (Å²) in [6, 6.07) is 13.0. The fraction of sp³-hybridized carbons (Fsp3) is 0.447. The van der Waals surface area contributed by atoms with E-state index in [-0.39, 0.29) is 35.6 Å². The fourth-order valence-corrected chi connectivity index (χ4v) is 10.00. The molecule has 0 bridgehead atoms. The molecule has 64 heavy (non-hydrogen) atoms. The van der Waals surface area contributed by atoms with E-state index >= 15 is 0 Å². The number of hydrogen-bond acceptors (Lipinski definition) is 10. The van der Waals surface area contributed by atoms with Crippen molar-refractivity contribution in [3.63, 3.8) is 0 Å². The molecule has 10 rings (SSSR count). The zero-order valence-electron chi connectivity index (χ0n) is 36.5. The first kappa shape index (κ1) is 42.9. The number of aromatic nitrogens is 4. The van der Waals surface area contributed by atoms with Crippen molar-refractivity contribution >= 4 is 46.5 Å². The Hall–Kier alpha value is -6.36. The number of piperazine rings is 1. The zero-order valence-corrected chi connectivity index (χ0v) is 36.5. The van der Waals surface area contributed by atoms with Crippen LogP contribution in [0.2, 0.25) is 0 Å². The van der Waals surface area contributed by atoms with Crippen LogP contribution < -0.4 is 19.9 Å². The number of imidazole rings is 1. The number of nitrogens with one attached hydrogen (secondary N) is 2. The monoisotopic (exact) mass is 876 g/mol. The summed E-state index contributed by atoms with van der Waals surface area (Å²) >= 11 is 0. The van der Waals surface area contributed by atoms with E-state index in [1.54, 1.807) is 62.9 Å². The second kappa shape index (κ2) is 18.0. The maximum absolute atomic E-state index is 14.3. The van der Waals surface area contributed by atoms with Gasteiger partial charge in [0, 0.05) is 124 Å². The topological polar surface area (TPSA) is 152 Å². The molecule has 1 atom stereocenters. The van der Waals surface area contributed by atoms with Gasteiger partial charge in [-0.2, -0.15) is 5.10 Å². The number of methoxy groups -OCH3 is 1. The molecule has 4 aliphatic heterocycles. The van der Waals surface area contributed by atoms with Crippen molar-refractivity contribution in [2.24, 2.45) is 0 Å². The van der Waals surface area contributed by atoms with Gasteiger partial charge in [0.15, 0.2) is 5.82 Å². The molecule has 4 amide bonds. The first-order valence-electron chi connectivity index (χ1n) is 22.2. The van der Waals surface area contributed by atoms with Crippen molar-refractivity contribution in [3.05, 3.63) is 89.0 Å². The summed E-state index contributed by atoms with van der Waals surface area (Å²) in [6.07, 6.45) is 10.6. The zero-order chi connectivity index (χ0) is 44.6. The predicted octanol–water partition coefficient (Wildman–Crippen LogP) is 6.25. The molecule has 2 aromatic carbocycles. The summed E-state index contributed by atoms with van der Waals surface area (Å²) in [7, 11) is 3.29. The summed E-state index contributed by atoms with van der Waals surface area (Å²) in [5.74, 6) is 0.368. The molecule has 0 radical (unpaired) electrons. The van der Waals surface area contributed by atoms with Crippen LogP contribution in [-0.2, 0) is 33.9 Å². The number of piperidine rings is 1. The van der Waals surface area contributed by atoms with E-state index in [1.807, 2.05) is 12.1 Å².